The van der Waals surface area contributed by atoms with Crippen LogP contribution in [0.3, 0.4) is 0 Å². The molecular weight excluding hydrogens is 268 g/mol. The van der Waals surface area contributed by atoms with E-state index < -0.39 is 0 Å². The molecule has 2 aromatic heterocycles. The fourth-order valence-corrected chi connectivity index (χ4v) is 2.49. The normalized spacial score (nSPS) is 12.9. The average molecular weight is 292 g/mol. The van der Waals surface area contributed by atoms with Crippen molar-refractivity contribution in [1.29, 1.82) is 0 Å². The number of hydrazine groups is 1. The van der Waals surface area contributed by atoms with E-state index in [1.165, 1.54) is 0 Å². The molecule has 0 radical (unpaired) electrons. The summed E-state index contributed by atoms with van der Waals surface area (Å²) in [6, 6.07) is 2.03. The SMILES string of the molecule is CCc1cc(C(NN)c2c(OC)cnn2C(C)C)n(C)n1. The predicted molar refractivity (Wildman–Crippen MR) is 80.9 cm³/mol. The van der Waals surface area contributed by atoms with Crippen LogP contribution in [-0.4, -0.2) is 26.7 Å². The number of nitrogens with one attached hydrogen (secondary N) is 1. The molecular formula is C14H24N6O. The van der Waals surface area contributed by atoms with E-state index in [9.17, 15) is 0 Å². The zero-order valence-corrected chi connectivity index (χ0v) is 13.3. The van der Waals surface area contributed by atoms with Crippen LogP contribution < -0.4 is 16.0 Å². The number of aromatic nitrogens is 4. The summed E-state index contributed by atoms with van der Waals surface area (Å²) < 4.78 is 9.21. The smallest absolute Gasteiger partial charge is 0.162 e. The van der Waals surface area contributed by atoms with Gasteiger partial charge in [0.2, 0.25) is 0 Å². The molecule has 0 saturated heterocycles. The molecule has 0 aromatic carbocycles. The van der Waals surface area contributed by atoms with E-state index >= 15 is 0 Å². The number of ether oxygens (including phenoxy) is 1. The Hall–Kier alpha value is -1.86. The van der Waals surface area contributed by atoms with Crippen LogP contribution >= 0.6 is 0 Å². The maximum absolute atomic E-state index is 5.82. The minimum absolute atomic E-state index is 0.207. The zero-order chi connectivity index (χ0) is 15.6. The summed E-state index contributed by atoms with van der Waals surface area (Å²) in [6.07, 6.45) is 2.60. The van der Waals surface area contributed by atoms with E-state index in [4.69, 9.17) is 10.6 Å². The van der Waals surface area contributed by atoms with Crippen LogP contribution in [0.25, 0.3) is 0 Å². The third kappa shape index (κ3) is 2.79. The molecule has 3 N–H and O–H groups in total. The number of hydrogen-bond donors (Lipinski definition) is 2. The van der Waals surface area contributed by atoms with E-state index in [1.807, 2.05) is 16.4 Å². The number of hydrogen-bond acceptors (Lipinski definition) is 5. The molecule has 21 heavy (non-hydrogen) atoms. The lowest BCUT2D eigenvalue weighted by molar-refractivity contribution is 0.391. The van der Waals surface area contributed by atoms with Gasteiger partial charge in [0.25, 0.3) is 0 Å². The molecule has 1 unspecified atom stereocenters. The maximum Gasteiger partial charge on any atom is 0.162 e. The molecule has 1 atom stereocenters. The highest BCUT2D eigenvalue weighted by Gasteiger charge is 2.26. The second-order valence-corrected chi connectivity index (χ2v) is 5.27. The van der Waals surface area contributed by atoms with Crippen LogP contribution in [0.4, 0.5) is 0 Å². The molecule has 0 saturated carbocycles. The highest BCUT2D eigenvalue weighted by Crippen LogP contribution is 2.31. The zero-order valence-electron chi connectivity index (χ0n) is 13.3. The van der Waals surface area contributed by atoms with Crippen LogP contribution in [-0.2, 0) is 13.5 Å². The number of aryl methyl sites for hydroxylation is 2. The van der Waals surface area contributed by atoms with Gasteiger partial charge in [0.15, 0.2) is 5.75 Å². The lowest BCUT2D eigenvalue weighted by Gasteiger charge is -2.21. The van der Waals surface area contributed by atoms with Gasteiger partial charge in [-0.05, 0) is 26.3 Å². The summed E-state index contributed by atoms with van der Waals surface area (Å²) in [6.45, 7) is 6.23. The van der Waals surface area contributed by atoms with Crippen LogP contribution in [0.2, 0.25) is 0 Å². The van der Waals surface area contributed by atoms with E-state index in [1.54, 1.807) is 13.3 Å². The molecule has 0 spiro atoms. The number of nitrogens with two attached hydrogens (primary N) is 1. The van der Waals surface area contributed by atoms with Crippen molar-refractivity contribution in [2.75, 3.05) is 7.11 Å². The molecule has 0 fully saturated rings. The van der Waals surface area contributed by atoms with E-state index in [0.29, 0.717) is 5.75 Å². The number of methoxy groups -OCH3 is 1. The Morgan fingerprint density at radius 2 is 2.14 bits per heavy atom. The predicted octanol–water partition coefficient (Wildman–Crippen LogP) is 1.32. The maximum atomic E-state index is 5.82. The summed E-state index contributed by atoms with van der Waals surface area (Å²) in [5.41, 5.74) is 5.78. The van der Waals surface area contributed by atoms with Crippen LogP contribution in [0.5, 0.6) is 5.75 Å². The van der Waals surface area contributed by atoms with Gasteiger partial charge in [-0.15, -0.1) is 0 Å². The molecule has 116 valence electrons. The van der Waals surface area contributed by atoms with Gasteiger partial charge < -0.3 is 4.74 Å². The van der Waals surface area contributed by atoms with Gasteiger partial charge in [-0.25, -0.2) is 5.43 Å². The molecule has 7 nitrogen and oxygen atoms in total. The first-order valence-corrected chi connectivity index (χ1v) is 7.13. The fourth-order valence-electron chi connectivity index (χ4n) is 2.49. The summed E-state index contributed by atoms with van der Waals surface area (Å²) in [4.78, 5) is 0. The molecule has 0 aliphatic heterocycles. The molecule has 0 aliphatic carbocycles. The third-order valence-electron chi connectivity index (χ3n) is 3.57. The molecule has 0 amide bonds. The van der Waals surface area contributed by atoms with Gasteiger partial charge in [0.1, 0.15) is 11.7 Å². The first-order chi connectivity index (χ1) is 10.0. The summed E-state index contributed by atoms with van der Waals surface area (Å²) >= 11 is 0. The van der Waals surface area contributed by atoms with Gasteiger partial charge >= 0.3 is 0 Å². The van der Waals surface area contributed by atoms with Gasteiger partial charge in [-0.3, -0.25) is 15.2 Å². The fraction of sp³-hybridized carbons (Fsp3) is 0.571. The largest absolute Gasteiger partial charge is 0.493 e. The Kier molecular flexibility index (Phi) is 4.64. The quantitative estimate of drug-likeness (QED) is 0.620. The minimum Gasteiger partial charge on any atom is -0.493 e. The molecule has 2 heterocycles. The Balaban J connectivity index is 2.55. The Labute approximate surface area is 125 Å². The monoisotopic (exact) mass is 292 g/mol. The molecule has 2 rings (SSSR count). The van der Waals surface area contributed by atoms with Crippen molar-refractivity contribution in [2.45, 2.75) is 39.3 Å². The van der Waals surface area contributed by atoms with E-state index in [2.05, 4.69) is 42.5 Å². The van der Waals surface area contributed by atoms with Crippen LogP contribution in [0, 0.1) is 0 Å². The van der Waals surface area contributed by atoms with Crippen molar-refractivity contribution in [3.63, 3.8) is 0 Å². The summed E-state index contributed by atoms with van der Waals surface area (Å²) in [5.74, 6) is 6.53. The summed E-state index contributed by atoms with van der Waals surface area (Å²) in [7, 11) is 3.56. The first kappa shape index (κ1) is 15.5. The number of nitrogens with zero attached hydrogens (tertiary/aromatic N) is 4. The topological polar surface area (TPSA) is 82.9 Å². The van der Waals surface area contributed by atoms with Gasteiger partial charge in [-0.2, -0.15) is 10.2 Å². The number of rotatable bonds is 6. The van der Waals surface area contributed by atoms with E-state index in [0.717, 1.165) is 23.5 Å². The van der Waals surface area contributed by atoms with Crippen molar-refractivity contribution in [2.24, 2.45) is 12.9 Å². The standard InChI is InChI=1S/C14H24N6O/c1-6-10-7-11(19(4)18-10)13(17-15)14-12(21-5)8-16-20(14)9(2)3/h7-9,13,17H,6,15H2,1-5H3. The Bertz CT molecular complexity index is 601. The van der Waals surface area contributed by atoms with Crippen LogP contribution in [0.15, 0.2) is 12.3 Å². The van der Waals surface area contributed by atoms with Crippen molar-refractivity contribution < 1.29 is 4.74 Å². The van der Waals surface area contributed by atoms with Crippen molar-refractivity contribution in [3.05, 3.63) is 29.3 Å². The van der Waals surface area contributed by atoms with Crippen molar-refractivity contribution >= 4 is 0 Å². The second kappa shape index (κ2) is 6.28. The van der Waals surface area contributed by atoms with Gasteiger partial charge in [-0.1, -0.05) is 6.92 Å². The Morgan fingerprint density at radius 3 is 2.62 bits per heavy atom. The third-order valence-corrected chi connectivity index (χ3v) is 3.57. The van der Waals surface area contributed by atoms with Crippen molar-refractivity contribution in [3.8, 4) is 5.75 Å². The lowest BCUT2D eigenvalue weighted by Crippen LogP contribution is -2.32. The lowest BCUT2D eigenvalue weighted by atomic mass is 10.1. The molecule has 2 aromatic rings. The molecule has 7 heteroatoms. The van der Waals surface area contributed by atoms with Crippen LogP contribution in [0.1, 0.15) is 49.9 Å². The average Bonchev–Trinajstić information content (AvgIpc) is 3.04. The molecule has 0 bridgehead atoms. The summed E-state index contributed by atoms with van der Waals surface area (Å²) in [5, 5.41) is 8.89. The van der Waals surface area contributed by atoms with Gasteiger partial charge in [0, 0.05) is 13.1 Å². The van der Waals surface area contributed by atoms with Crippen molar-refractivity contribution in [1.82, 2.24) is 25.0 Å². The van der Waals surface area contributed by atoms with E-state index in [-0.39, 0.29) is 12.1 Å². The van der Waals surface area contributed by atoms with Gasteiger partial charge in [0.05, 0.1) is 24.7 Å². The first-order valence-electron chi connectivity index (χ1n) is 7.13. The second-order valence-electron chi connectivity index (χ2n) is 5.27. The highest BCUT2D eigenvalue weighted by atomic mass is 16.5. The minimum atomic E-state index is -0.234. The highest BCUT2D eigenvalue weighted by molar-refractivity contribution is 5.35. The molecule has 0 aliphatic rings. The Morgan fingerprint density at radius 1 is 1.43 bits per heavy atom.